The molecular weight excluding hydrogens is 872 g/mol. The summed E-state index contributed by atoms with van der Waals surface area (Å²) in [4.78, 5) is 70.6. The van der Waals surface area contributed by atoms with Crippen LogP contribution in [-0.2, 0) is 53.0 Å². The second-order valence-electron chi connectivity index (χ2n) is 14.2. The Hall–Kier alpha value is -4.70. The molecule has 2 rings (SSSR count). The summed E-state index contributed by atoms with van der Waals surface area (Å²) in [6.45, 7) is 2.30. The Morgan fingerprint density at radius 2 is 1.32 bits per heavy atom. The van der Waals surface area contributed by atoms with Crippen molar-refractivity contribution in [3.63, 3.8) is 0 Å². The third-order valence-electron chi connectivity index (χ3n) is 8.92. The quantitative estimate of drug-likeness (QED) is 0.0271. The fraction of sp³-hybridized carbons (Fsp3) is 0.571. The van der Waals surface area contributed by atoms with Gasteiger partial charge in [0.25, 0.3) is 10.1 Å². The zero-order valence-electron chi connectivity index (χ0n) is 35.4. The molecule has 21 heteroatoms. The smallest absolute Gasteiger partial charge is 0.337 e. The molecule has 0 bridgehead atoms. The van der Waals surface area contributed by atoms with Crippen LogP contribution in [0.25, 0.3) is 0 Å². The van der Waals surface area contributed by atoms with Crippen LogP contribution in [0.2, 0.25) is 5.02 Å². The number of aliphatic carboxylic acids is 1. The first-order valence-electron chi connectivity index (χ1n) is 20.6. The number of carboxylic acids is 2. The summed E-state index contributed by atoms with van der Waals surface area (Å²) in [6, 6.07) is 7.60. The number of carbonyl (C=O) groups is 6. The molecule has 19 nitrogen and oxygen atoms in total. The van der Waals surface area contributed by atoms with Gasteiger partial charge in [0, 0.05) is 32.4 Å². The van der Waals surface area contributed by atoms with E-state index in [2.05, 4.69) is 10.6 Å². The first kappa shape index (κ1) is 54.4. The van der Waals surface area contributed by atoms with Crippen LogP contribution in [0.1, 0.15) is 93.0 Å². The Morgan fingerprint density at radius 1 is 0.698 bits per heavy atom. The molecule has 352 valence electrons. The Morgan fingerprint density at radius 3 is 1.97 bits per heavy atom. The number of carbonyl (C=O) groups excluding carboxylic acids is 4. The second kappa shape index (κ2) is 31.2. The molecule has 0 aliphatic rings. The molecule has 0 aliphatic carbocycles. The summed E-state index contributed by atoms with van der Waals surface area (Å²) in [5.41, 5.74) is 0.638. The number of aryl methyl sites for hydroxylation is 1. The molecule has 0 unspecified atom stereocenters. The summed E-state index contributed by atoms with van der Waals surface area (Å²) in [7, 11) is -4.70. The maximum Gasteiger partial charge on any atom is 0.337 e. The van der Waals surface area contributed by atoms with E-state index in [1.54, 1.807) is 19.1 Å². The van der Waals surface area contributed by atoms with Gasteiger partial charge in [-0.15, -0.1) is 0 Å². The lowest BCUT2D eigenvalue weighted by Crippen LogP contribution is -2.41. The summed E-state index contributed by atoms with van der Waals surface area (Å²) < 4.78 is 64.4. The van der Waals surface area contributed by atoms with Gasteiger partial charge in [-0.3, -0.25) is 18.9 Å². The van der Waals surface area contributed by atoms with Crippen molar-refractivity contribution >= 4 is 57.2 Å². The van der Waals surface area contributed by atoms with E-state index in [0.29, 0.717) is 30.8 Å². The number of benzene rings is 2. The standard InChI is InChI=1S/C42H59ClN2O17S/c1-30-26-34(43)40(36(27-30)63(54,55)56)62-39(49)29-60-25-23-58-21-18-44-38(48)28-59-24-22-57-19-9-10-32(46)14-17-35(42(52)53)45-37(47)11-7-5-3-2-4-6-8-20-61-33-15-12-31(13-16-33)41(50)51/h12-13,15-16,26-27,35H,2-11,14,17-25,28-29H2,1H3,(H,44,48)(H,45,47)(H,50,51)(H,52,53)(H,54,55,56)/t35-/m0/s1. The highest BCUT2D eigenvalue weighted by atomic mass is 35.5. The average Bonchev–Trinajstić information content (AvgIpc) is 3.22. The normalized spacial score (nSPS) is 11.7. The number of aromatic carboxylic acids is 1. The number of nitrogens with one attached hydrogen (secondary N) is 2. The van der Waals surface area contributed by atoms with Crippen LogP contribution in [0.3, 0.4) is 0 Å². The lowest BCUT2D eigenvalue weighted by atomic mass is 10.1. The fourth-order valence-electron chi connectivity index (χ4n) is 5.69. The van der Waals surface area contributed by atoms with E-state index in [-0.39, 0.29) is 107 Å². The van der Waals surface area contributed by atoms with E-state index in [1.807, 2.05) is 0 Å². The second-order valence-corrected chi connectivity index (χ2v) is 16.0. The van der Waals surface area contributed by atoms with Crippen molar-refractivity contribution in [2.75, 3.05) is 66.0 Å². The van der Waals surface area contributed by atoms with Gasteiger partial charge in [0.15, 0.2) is 5.75 Å². The zero-order chi connectivity index (χ0) is 46.5. The number of unbranched alkanes of at least 4 members (excludes halogenated alkanes) is 6. The number of amides is 2. The highest BCUT2D eigenvalue weighted by Gasteiger charge is 2.23. The predicted octanol–water partition coefficient (Wildman–Crippen LogP) is 4.58. The largest absolute Gasteiger partial charge is 0.494 e. The number of carboxylic acid groups (broad SMARTS) is 2. The maximum absolute atomic E-state index is 12.3. The molecule has 0 aliphatic heterocycles. The minimum Gasteiger partial charge on any atom is -0.494 e. The minimum absolute atomic E-state index is 0.00245. The third-order valence-corrected chi connectivity index (χ3v) is 10.1. The Balaban J connectivity index is 1.39. The Labute approximate surface area is 372 Å². The van der Waals surface area contributed by atoms with Gasteiger partial charge in [-0.25, -0.2) is 14.4 Å². The number of ketones is 1. The number of Topliss-reactive ketones (excluding diaryl/α,β-unsaturated/α-hetero) is 1. The van der Waals surface area contributed by atoms with Crippen molar-refractivity contribution in [2.45, 2.75) is 94.9 Å². The molecule has 0 saturated carbocycles. The van der Waals surface area contributed by atoms with Gasteiger partial charge >= 0.3 is 17.9 Å². The molecule has 1 atom stereocenters. The lowest BCUT2D eigenvalue weighted by molar-refractivity contribution is -0.142. The summed E-state index contributed by atoms with van der Waals surface area (Å²) >= 11 is 5.98. The van der Waals surface area contributed by atoms with Crippen molar-refractivity contribution in [1.29, 1.82) is 0 Å². The van der Waals surface area contributed by atoms with Crippen LogP contribution in [0.15, 0.2) is 41.3 Å². The van der Waals surface area contributed by atoms with E-state index in [9.17, 15) is 46.8 Å². The van der Waals surface area contributed by atoms with Crippen molar-refractivity contribution < 1.29 is 80.4 Å². The van der Waals surface area contributed by atoms with Gasteiger partial charge in [0.05, 0.1) is 50.2 Å². The topological polar surface area (TPSA) is 277 Å². The van der Waals surface area contributed by atoms with Gasteiger partial charge in [0.2, 0.25) is 11.8 Å². The van der Waals surface area contributed by atoms with Crippen LogP contribution >= 0.6 is 11.6 Å². The number of halogens is 1. The minimum atomic E-state index is -4.70. The molecule has 0 heterocycles. The zero-order valence-corrected chi connectivity index (χ0v) is 37.0. The van der Waals surface area contributed by atoms with Crippen molar-refractivity contribution in [3.8, 4) is 11.5 Å². The van der Waals surface area contributed by atoms with E-state index < -0.39 is 51.3 Å². The SMILES string of the molecule is Cc1cc(Cl)c(OC(=O)COCCOCCNC(=O)COCCOCCCC(=O)CC[C@H](NC(=O)CCCCCCCCCOc2ccc(C(=O)O)cc2)C(=O)O)c(S(=O)(=O)O)c1. The Bertz CT molecular complexity index is 1860. The van der Waals surface area contributed by atoms with Crippen LogP contribution in [-0.4, -0.2) is 131 Å². The fourth-order valence-corrected chi connectivity index (χ4v) is 6.78. The molecule has 0 aromatic heterocycles. The molecule has 2 aromatic carbocycles. The number of esters is 1. The van der Waals surface area contributed by atoms with Gasteiger partial charge in [-0.05, 0) is 74.6 Å². The van der Waals surface area contributed by atoms with E-state index in [0.717, 1.165) is 44.6 Å². The van der Waals surface area contributed by atoms with Crippen LogP contribution in [0, 0.1) is 6.92 Å². The van der Waals surface area contributed by atoms with Gasteiger partial charge < -0.3 is 49.3 Å². The summed E-state index contributed by atoms with van der Waals surface area (Å²) in [5.74, 6) is -3.90. The molecule has 2 aromatic rings. The number of hydrogen-bond donors (Lipinski definition) is 5. The van der Waals surface area contributed by atoms with E-state index >= 15 is 0 Å². The Kier molecular flexibility index (Phi) is 27.0. The molecule has 5 N–H and O–H groups in total. The van der Waals surface area contributed by atoms with Gasteiger partial charge in [0.1, 0.15) is 35.7 Å². The van der Waals surface area contributed by atoms with Crippen LogP contribution in [0.4, 0.5) is 0 Å². The molecule has 0 saturated heterocycles. The van der Waals surface area contributed by atoms with E-state index in [1.165, 1.54) is 18.2 Å². The van der Waals surface area contributed by atoms with Gasteiger partial charge in [-0.2, -0.15) is 8.42 Å². The summed E-state index contributed by atoms with van der Waals surface area (Å²) in [6.07, 6.45) is 7.08. The summed E-state index contributed by atoms with van der Waals surface area (Å²) in [5, 5.41) is 23.4. The first-order chi connectivity index (χ1) is 30.1. The van der Waals surface area contributed by atoms with Crippen molar-refractivity contribution in [3.05, 3.63) is 52.5 Å². The molecule has 63 heavy (non-hydrogen) atoms. The average molecular weight is 931 g/mol. The third kappa shape index (κ3) is 25.3. The highest BCUT2D eigenvalue weighted by Crippen LogP contribution is 2.33. The molecule has 2 amide bonds. The molecule has 0 fully saturated rings. The first-order valence-corrected chi connectivity index (χ1v) is 22.4. The number of hydrogen-bond acceptors (Lipinski definition) is 14. The number of ether oxygens (including phenoxy) is 6. The van der Waals surface area contributed by atoms with Gasteiger partial charge in [-0.1, -0.05) is 43.7 Å². The predicted molar refractivity (Wildman–Crippen MR) is 227 cm³/mol. The lowest BCUT2D eigenvalue weighted by Gasteiger charge is -2.14. The van der Waals surface area contributed by atoms with Crippen LogP contribution < -0.4 is 20.1 Å². The maximum atomic E-state index is 12.3. The van der Waals surface area contributed by atoms with Crippen molar-refractivity contribution in [1.82, 2.24) is 10.6 Å². The van der Waals surface area contributed by atoms with Crippen molar-refractivity contribution in [2.24, 2.45) is 0 Å². The molecule has 0 spiro atoms. The highest BCUT2D eigenvalue weighted by molar-refractivity contribution is 7.86. The number of rotatable bonds is 36. The molecule has 0 radical (unpaired) electrons. The monoisotopic (exact) mass is 930 g/mol. The molecular formula is C42H59ClN2O17S. The van der Waals surface area contributed by atoms with Crippen LogP contribution in [0.5, 0.6) is 11.5 Å². The van der Waals surface area contributed by atoms with E-state index in [4.69, 9.17) is 45.1 Å².